The van der Waals surface area contributed by atoms with E-state index < -0.39 is 17.6 Å². The van der Waals surface area contributed by atoms with Crippen LogP contribution in [-0.4, -0.2) is 21.0 Å². The number of carboxylic acids is 1. The fraction of sp³-hybridized carbons (Fsp3) is 0. The topological polar surface area (TPSA) is 63.1 Å². The first-order chi connectivity index (χ1) is 11.1. The van der Waals surface area contributed by atoms with Crippen molar-refractivity contribution in [3.8, 4) is 11.3 Å². The van der Waals surface area contributed by atoms with Crippen LogP contribution in [0.1, 0.15) is 10.5 Å². The predicted molar refractivity (Wildman–Crippen MR) is 79.6 cm³/mol. The Morgan fingerprint density at radius 3 is 2.12 bits per heavy atom. The predicted octanol–water partition coefficient (Wildman–Crippen LogP) is 3.60. The number of pyridine rings is 2. The van der Waals surface area contributed by atoms with Gasteiger partial charge in [-0.2, -0.15) is 0 Å². The van der Waals surface area contributed by atoms with E-state index in [4.69, 9.17) is 5.11 Å². The van der Waals surface area contributed by atoms with E-state index in [0.29, 0.717) is 11.3 Å². The normalized spacial score (nSPS) is 9.25. The van der Waals surface area contributed by atoms with E-state index >= 15 is 0 Å². The van der Waals surface area contributed by atoms with Crippen LogP contribution in [0.25, 0.3) is 11.3 Å². The molecule has 0 saturated carbocycles. The monoisotopic (exact) mass is 506 g/mol. The Kier molecular flexibility index (Phi) is 7.82. The third-order valence-electron chi connectivity index (χ3n) is 2.68. The van der Waals surface area contributed by atoms with Gasteiger partial charge in [0.1, 0.15) is 5.69 Å². The van der Waals surface area contributed by atoms with Gasteiger partial charge in [0.15, 0.2) is 0 Å². The molecule has 0 spiro atoms. The molecule has 4 nitrogen and oxygen atoms in total. The Morgan fingerprint density at radius 2 is 1.67 bits per heavy atom. The Labute approximate surface area is 150 Å². The van der Waals surface area contributed by atoms with Crippen molar-refractivity contribution in [2.75, 3.05) is 0 Å². The van der Waals surface area contributed by atoms with Gasteiger partial charge in [0.2, 0.25) is 0 Å². The van der Waals surface area contributed by atoms with Crippen molar-refractivity contribution in [2.24, 2.45) is 0 Å². The Balaban J connectivity index is 0.000000252. The zero-order valence-corrected chi connectivity index (χ0v) is 14.5. The van der Waals surface area contributed by atoms with E-state index in [1.165, 1.54) is 12.3 Å². The minimum Gasteiger partial charge on any atom is -0.477 e. The minimum atomic E-state index is -0.990. The summed E-state index contributed by atoms with van der Waals surface area (Å²) in [6.45, 7) is 0. The number of aromatic carboxylic acids is 1. The summed E-state index contributed by atoms with van der Waals surface area (Å²) >= 11 is 0. The second-order valence-electron chi connectivity index (χ2n) is 4.28. The molecular weight excluding hydrogens is 494 g/mol. The summed E-state index contributed by atoms with van der Waals surface area (Å²) in [7, 11) is 0. The molecule has 0 atom stereocenters. The molecule has 1 radical (unpaired) electrons. The van der Waals surface area contributed by atoms with Crippen LogP contribution in [0.5, 0.6) is 0 Å². The van der Waals surface area contributed by atoms with Crippen LogP contribution >= 0.6 is 0 Å². The first kappa shape index (κ1) is 19.5. The number of hydrogen-bond donors (Lipinski definition) is 1. The van der Waals surface area contributed by atoms with E-state index in [0.717, 1.165) is 12.1 Å². The van der Waals surface area contributed by atoms with Gasteiger partial charge in [-0.25, -0.2) is 14.2 Å². The molecule has 3 rings (SSSR count). The number of hydrogen-bond acceptors (Lipinski definition) is 3. The third-order valence-corrected chi connectivity index (χ3v) is 2.68. The molecule has 2 heterocycles. The summed E-state index contributed by atoms with van der Waals surface area (Å²) in [4.78, 5) is 17.7. The Hall–Kier alpha value is -2.50. The summed E-state index contributed by atoms with van der Waals surface area (Å²) in [5, 5.41) is 8.32. The van der Waals surface area contributed by atoms with Gasteiger partial charge in [0, 0.05) is 32.5 Å². The molecule has 24 heavy (non-hydrogen) atoms. The zero-order chi connectivity index (χ0) is 16.7. The van der Waals surface area contributed by atoms with Crippen molar-refractivity contribution in [3.05, 3.63) is 84.3 Å². The molecule has 0 amide bonds. The van der Waals surface area contributed by atoms with Gasteiger partial charge < -0.3 is 10.1 Å². The minimum absolute atomic E-state index is 0. The maximum absolute atomic E-state index is 12.8. The SMILES string of the molecule is Fc1c[c-]c(-c2ccccn2)cc1F.O=C(O)c1ccccn1.[Ir]. The third kappa shape index (κ3) is 5.61. The molecule has 0 bridgehead atoms. The van der Waals surface area contributed by atoms with E-state index in [1.807, 2.05) is 0 Å². The van der Waals surface area contributed by atoms with Gasteiger partial charge in [-0.1, -0.05) is 18.2 Å². The molecule has 125 valence electrons. The maximum atomic E-state index is 12.8. The molecule has 3 aromatic rings. The summed E-state index contributed by atoms with van der Waals surface area (Å²) in [6, 6.07) is 14.7. The van der Waals surface area contributed by atoms with Crippen LogP contribution in [0, 0.1) is 17.7 Å². The first-order valence-corrected chi connectivity index (χ1v) is 6.50. The molecule has 1 aromatic carbocycles. The molecule has 0 unspecified atom stereocenters. The smallest absolute Gasteiger partial charge is 0.354 e. The summed E-state index contributed by atoms with van der Waals surface area (Å²) in [5.74, 6) is -2.77. The fourth-order valence-electron chi connectivity index (χ4n) is 1.61. The van der Waals surface area contributed by atoms with Crippen molar-refractivity contribution >= 4 is 5.97 Å². The van der Waals surface area contributed by atoms with E-state index in [9.17, 15) is 13.6 Å². The molecule has 0 fully saturated rings. The van der Waals surface area contributed by atoms with E-state index in [1.54, 1.807) is 36.5 Å². The molecule has 0 aliphatic rings. The number of aromatic nitrogens is 2. The van der Waals surface area contributed by atoms with Crippen molar-refractivity contribution < 1.29 is 38.8 Å². The molecular formula is C17H11F2IrN2O2-. The van der Waals surface area contributed by atoms with Crippen LogP contribution < -0.4 is 0 Å². The second-order valence-corrected chi connectivity index (χ2v) is 4.28. The van der Waals surface area contributed by atoms with Crippen LogP contribution in [0.3, 0.4) is 0 Å². The number of benzene rings is 1. The number of halogens is 2. The standard InChI is InChI=1S/C11H6F2N.C6H5NO2.Ir/c12-9-5-4-8(7-10(9)13)11-3-1-2-6-14-11;8-6(9)5-3-1-2-4-7-5;/h1-3,5-7H;1-4H,(H,8,9);/q-1;;. The Morgan fingerprint density at radius 1 is 1.00 bits per heavy atom. The van der Waals surface area contributed by atoms with Gasteiger partial charge >= 0.3 is 5.97 Å². The van der Waals surface area contributed by atoms with Gasteiger partial charge in [-0.3, -0.25) is 4.39 Å². The molecule has 2 aromatic heterocycles. The number of nitrogens with zero attached hydrogens (tertiary/aromatic N) is 2. The fourth-order valence-corrected chi connectivity index (χ4v) is 1.61. The molecule has 1 N–H and O–H groups in total. The van der Waals surface area contributed by atoms with E-state index in [2.05, 4.69) is 16.0 Å². The second kappa shape index (κ2) is 9.60. The average Bonchev–Trinajstić information content (AvgIpc) is 2.59. The van der Waals surface area contributed by atoms with Crippen LogP contribution in [0.15, 0.2) is 60.9 Å². The van der Waals surface area contributed by atoms with Crippen LogP contribution in [0.2, 0.25) is 0 Å². The molecule has 7 heteroatoms. The van der Waals surface area contributed by atoms with Crippen LogP contribution in [0.4, 0.5) is 8.78 Å². The molecule has 0 aliphatic carbocycles. The summed E-state index contributed by atoms with van der Waals surface area (Å²) < 4.78 is 25.4. The van der Waals surface area contributed by atoms with Crippen molar-refractivity contribution in [3.63, 3.8) is 0 Å². The largest absolute Gasteiger partial charge is 0.477 e. The first-order valence-electron chi connectivity index (χ1n) is 6.50. The van der Waals surface area contributed by atoms with Crippen molar-refractivity contribution in [1.29, 1.82) is 0 Å². The zero-order valence-electron chi connectivity index (χ0n) is 12.1. The quantitative estimate of drug-likeness (QED) is 0.541. The average molecular weight is 506 g/mol. The van der Waals surface area contributed by atoms with Crippen LogP contribution in [-0.2, 0) is 20.1 Å². The van der Waals surface area contributed by atoms with Gasteiger partial charge in [0.25, 0.3) is 0 Å². The van der Waals surface area contributed by atoms with Crippen molar-refractivity contribution in [1.82, 2.24) is 9.97 Å². The van der Waals surface area contributed by atoms with Gasteiger partial charge in [-0.15, -0.1) is 23.8 Å². The Bertz CT molecular complexity index is 787. The van der Waals surface area contributed by atoms with Crippen molar-refractivity contribution in [2.45, 2.75) is 0 Å². The van der Waals surface area contributed by atoms with E-state index in [-0.39, 0.29) is 25.8 Å². The molecule has 0 aliphatic heterocycles. The van der Waals surface area contributed by atoms with Gasteiger partial charge in [0.05, 0.1) is 11.6 Å². The van der Waals surface area contributed by atoms with Gasteiger partial charge in [-0.05, 0) is 23.9 Å². The number of rotatable bonds is 2. The molecule has 0 saturated heterocycles. The number of carbonyl (C=O) groups is 1. The number of carboxylic acid groups (broad SMARTS) is 1. The maximum Gasteiger partial charge on any atom is 0.354 e. The summed E-state index contributed by atoms with van der Waals surface area (Å²) in [5.41, 5.74) is 1.11. The summed E-state index contributed by atoms with van der Waals surface area (Å²) in [6.07, 6.45) is 3.04.